The molecule has 3 N–H and O–H groups in total. The molecule has 0 bridgehead atoms. The monoisotopic (exact) mass is 284 g/mol. The second-order valence-corrected chi connectivity index (χ2v) is 4.65. The average Bonchev–Trinajstić information content (AvgIpc) is 2.77. The van der Waals surface area contributed by atoms with Gasteiger partial charge in [-0.25, -0.2) is 4.39 Å². The Balaban J connectivity index is 2.28. The largest absolute Gasteiger partial charge is 0.383 e. The van der Waals surface area contributed by atoms with Gasteiger partial charge in [0.15, 0.2) is 0 Å². The number of nitrogens with two attached hydrogens (primary N) is 1. The SMILES string of the molecule is Cn1nc(-c2ccc(=O)[nH]c2)c(-c2ccccc2F)c1N. The van der Waals surface area contributed by atoms with Crippen LogP contribution in [0.25, 0.3) is 22.4 Å². The van der Waals surface area contributed by atoms with Crippen molar-refractivity contribution in [3.05, 3.63) is 58.8 Å². The number of rotatable bonds is 2. The van der Waals surface area contributed by atoms with E-state index in [0.29, 0.717) is 28.2 Å². The zero-order valence-electron chi connectivity index (χ0n) is 11.3. The van der Waals surface area contributed by atoms with E-state index >= 15 is 0 Å². The third-order valence-electron chi connectivity index (χ3n) is 3.29. The smallest absolute Gasteiger partial charge is 0.247 e. The highest BCUT2D eigenvalue weighted by atomic mass is 19.1. The summed E-state index contributed by atoms with van der Waals surface area (Å²) < 4.78 is 15.6. The number of hydrogen-bond acceptors (Lipinski definition) is 3. The van der Waals surface area contributed by atoms with Crippen molar-refractivity contribution < 1.29 is 4.39 Å². The van der Waals surface area contributed by atoms with Crippen molar-refractivity contribution in [1.82, 2.24) is 14.8 Å². The Hall–Kier alpha value is -2.89. The van der Waals surface area contributed by atoms with Gasteiger partial charge in [0.2, 0.25) is 5.56 Å². The molecule has 0 radical (unpaired) electrons. The van der Waals surface area contributed by atoms with Gasteiger partial charge in [-0.3, -0.25) is 9.48 Å². The minimum atomic E-state index is -0.372. The highest BCUT2D eigenvalue weighted by Crippen LogP contribution is 2.36. The van der Waals surface area contributed by atoms with Crippen molar-refractivity contribution >= 4 is 5.82 Å². The van der Waals surface area contributed by atoms with Crippen molar-refractivity contribution in [1.29, 1.82) is 0 Å². The number of anilines is 1. The second-order valence-electron chi connectivity index (χ2n) is 4.65. The van der Waals surface area contributed by atoms with E-state index in [1.807, 2.05) is 0 Å². The number of nitrogens with zero attached hydrogens (tertiary/aromatic N) is 2. The van der Waals surface area contributed by atoms with Crippen LogP contribution in [0.15, 0.2) is 47.4 Å². The maximum atomic E-state index is 14.1. The van der Waals surface area contributed by atoms with E-state index in [1.165, 1.54) is 23.0 Å². The van der Waals surface area contributed by atoms with Gasteiger partial charge in [0.1, 0.15) is 17.3 Å². The predicted molar refractivity (Wildman–Crippen MR) is 79.1 cm³/mol. The number of aryl methyl sites for hydroxylation is 1. The van der Waals surface area contributed by atoms with E-state index in [2.05, 4.69) is 10.1 Å². The van der Waals surface area contributed by atoms with Crippen LogP contribution in [0.5, 0.6) is 0 Å². The van der Waals surface area contributed by atoms with Crippen LogP contribution in [-0.4, -0.2) is 14.8 Å². The molecule has 0 unspecified atom stereocenters. The Morgan fingerprint density at radius 3 is 2.67 bits per heavy atom. The molecule has 5 nitrogen and oxygen atoms in total. The standard InChI is InChI=1S/C15H13FN4O/c1-20-15(17)13(10-4-2-3-5-11(10)16)14(19-20)9-6-7-12(21)18-8-9/h2-8H,17H2,1H3,(H,18,21). The van der Waals surface area contributed by atoms with E-state index in [-0.39, 0.29) is 11.4 Å². The van der Waals surface area contributed by atoms with Gasteiger partial charge in [-0.15, -0.1) is 0 Å². The van der Waals surface area contributed by atoms with E-state index in [1.54, 1.807) is 31.3 Å². The van der Waals surface area contributed by atoms with Crippen molar-refractivity contribution in [2.24, 2.45) is 7.05 Å². The number of nitrogen functional groups attached to an aromatic ring is 1. The minimum absolute atomic E-state index is 0.213. The van der Waals surface area contributed by atoms with E-state index in [0.717, 1.165) is 0 Å². The molecule has 0 aliphatic rings. The van der Waals surface area contributed by atoms with Crippen molar-refractivity contribution in [2.45, 2.75) is 0 Å². The summed E-state index contributed by atoms with van der Waals surface area (Å²) in [6.45, 7) is 0. The number of hydrogen-bond donors (Lipinski definition) is 2. The highest BCUT2D eigenvalue weighted by molar-refractivity contribution is 5.88. The molecular weight excluding hydrogens is 271 g/mol. The molecule has 0 fully saturated rings. The van der Waals surface area contributed by atoms with Gasteiger partial charge in [-0.05, 0) is 12.1 Å². The molecule has 3 rings (SSSR count). The lowest BCUT2D eigenvalue weighted by atomic mass is 10.0. The summed E-state index contributed by atoms with van der Waals surface area (Å²) in [6, 6.07) is 9.40. The van der Waals surface area contributed by atoms with Gasteiger partial charge >= 0.3 is 0 Å². The first-order valence-electron chi connectivity index (χ1n) is 6.34. The summed E-state index contributed by atoms with van der Waals surface area (Å²) >= 11 is 0. The van der Waals surface area contributed by atoms with Crippen LogP contribution in [-0.2, 0) is 7.05 Å². The average molecular weight is 284 g/mol. The molecule has 0 atom stereocenters. The Kier molecular flexibility index (Phi) is 3.06. The van der Waals surface area contributed by atoms with E-state index in [9.17, 15) is 9.18 Å². The summed E-state index contributed by atoms with van der Waals surface area (Å²) in [7, 11) is 1.69. The third-order valence-corrected chi connectivity index (χ3v) is 3.29. The number of H-pyrrole nitrogens is 1. The van der Waals surface area contributed by atoms with Crippen molar-refractivity contribution in [3.8, 4) is 22.4 Å². The summed E-state index contributed by atoms with van der Waals surface area (Å²) in [5, 5.41) is 4.33. The summed E-state index contributed by atoms with van der Waals surface area (Å²) in [4.78, 5) is 13.7. The molecule has 0 saturated carbocycles. The zero-order chi connectivity index (χ0) is 15.0. The van der Waals surface area contributed by atoms with Crippen LogP contribution in [0.2, 0.25) is 0 Å². The first-order chi connectivity index (χ1) is 10.1. The van der Waals surface area contributed by atoms with Crippen LogP contribution in [0, 0.1) is 5.82 Å². The normalized spacial score (nSPS) is 10.8. The molecule has 0 spiro atoms. The number of halogens is 1. The highest BCUT2D eigenvalue weighted by Gasteiger charge is 2.19. The number of aromatic nitrogens is 3. The fourth-order valence-electron chi connectivity index (χ4n) is 2.23. The Bertz CT molecular complexity index is 846. The topological polar surface area (TPSA) is 76.7 Å². The van der Waals surface area contributed by atoms with Gasteiger partial charge in [-0.2, -0.15) is 5.10 Å². The maximum absolute atomic E-state index is 14.1. The number of pyridine rings is 1. The van der Waals surface area contributed by atoms with Gasteiger partial charge in [-0.1, -0.05) is 18.2 Å². The number of aromatic amines is 1. The van der Waals surface area contributed by atoms with Crippen LogP contribution in [0.1, 0.15) is 0 Å². The van der Waals surface area contributed by atoms with Gasteiger partial charge in [0.05, 0.1) is 5.56 Å². The van der Waals surface area contributed by atoms with Crippen LogP contribution in [0.4, 0.5) is 10.2 Å². The lowest BCUT2D eigenvalue weighted by Gasteiger charge is -2.05. The van der Waals surface area contributed by atoms with Crippen molar-refractivity contribution in [3.63, 3.8) is 0 Å². The lowest BCUT2D eigenvalue weighted by Crippen LogP contribution is -2.01. The summed E-state index contributed by atoms with van der Waals surface area (Å²) in [5.74, 6) is -0.0100. The molecule has 106 valence electrons. The molecular formula is C15H13FN4O. The van der Waals surface area contributed by atoms with Gasteiger partial charge in [0, 0.05) is 30.4 Å². The fraction of sp³-hybridized carbons (Fsp3) is 0.0667. The Morgan fingerprint density at radius 2 is 2.00 bits per heavy atom. The molecule has 0 saturated heterocycles. The third kappa shape index (κ3) is 2.20. The van der Waals surface area contributed by atoms with Crippen LogP contribution in [0.3, 0.4) is 0 Å². The van der Waals surface area contributed by atoms with E-state index < -0.39 is 0 Å². The molecule has 0 aliphatic heterocycles. The fourth-order valence-corrected chi connectivity index (χ4v) is 2.23. The zero-order valence-corrected chi connectivity index (χ0v) is 11.3. The second kappa shape index (κ2) is 4.90. The van der Waals surface area contributed by atoms with Crippen LogP contribution < -0.4 is 11.3 Å². The molecule has 2 heterocycles. The molecule has 21 heavy (non-hydrogen) atoms. The first kappa shape index (κ1) is 13.1. The molecule has 6 heteroatoms. The molecule has 0 amide bonds. The van der Waals surface area contributed by atoms with Crippen LogP contribution >= 0.6 is 0 Å². The Morgan fingerprint density at radius 1 is 1.24 bits per heavy atom. The van der Waals surface area contributed by atoms with Gasteiger partial charge < -0.3 is 10.7 Å². The molecule has 0 aliphatic carbocycles. The molecule has 1 aromatic carbocycles. The molecule has 3 aromatic rings. The quantitative estimate of drug-likeness (QED) is 0.757. The van der Waals surface area contributed by atoms with Gasteiger partial charge in [0.25, 0.3) is 0 Å². The minimum Gasteiger partial charge on any atom is -0.383 e. The number of benzene rings is 1. The summed E-state index contributed by atoms with van der Waals surface area (Å²) in [6.07, 6.45) is 1.54. The van der Waals surface area contributed by atoms with E-state index in [4.69, 9.17) is 5.73 Å². The maximum Gasteiger partial charge on any atom is 0.247 e. The number of nitrogens with one attached hydrogen (secondary N) is 1. The lowest BCUT2D eigenvalue weighted by molar-refractivity contribution is 0.631. The first-order valence-corrected chi connectivity index (χ1v) is 6.34. The predicted octanol–water partition coefficient (Wildman–Crippen LogP) is 2.16. The molecule has 2 aromatic heterocycles. The Labute approximate surface area is 119 Å². The van der Waals surface area contributed by atoms with Crippen molar-refractivity contribution in [2.75, 3.05) is 5.73 Å². The summed E-state index contributed by atoms with van der Waals surface area (Å²) in [5.41, 5.74) is 7.91.